The van der Waals surface area contributed by atoms with Gasteiger partial charge in [-0.05, 0) is 34.1 Å². The lowest BCUT2D eigenvalue weighted by atomic mass is 10.1. The summed E-state index contributed by atoms with van der Waals surface area (Å²) in [6.07, 6.45) is 1.60. The molecule has 0 spiro atoms. The molecule has 0 saturated heterocycles. The van der Waals surface area contributed by atoms with Crippen LogP contribution in [0.15, 0.2) is 33.3 Å². The molecule has 0 amide bonds. The van der Waals surface area contributed by atoms with Crippen LogP contribution in [0.3, 0.4) is 0 Å². The number of carbonyl (C=O) groups is 1. The Bertz CT molecular complexity index is 589. The van der Waals surface area contributed by atoms with Crippen molar-refractivity contribution < 1.29 is 9.53 Å². The van der Waals surface area contributed by atoms with Crippen LogP contribution in [-0.2, 0) is 7.05 Å². The molecule has 0 aliphatic carbocycles. The minimum absolute atomic E-state index is 0.133. The first-order valence-corrected chi connectivity index (χ1v) is 6.69. The summed E-state index contributed by atoms with van der Waals surface area (Å²) in [5.41, 5.74) is 1.00. The summed E-state index contributed by atoms with van der Waals surface area (Å²) >= 11 is 6.67. The lowest BCUT2D eigenvalue weighted by Gasteiger charge is -2.08. The van der Waals surface area contributed by atoms with E-state index in [1.165, 1.54) is 11.8 Å². The van der Waals surface area contributed by atoms with Crippen LogP contribution in [0.1, 0.15) is 16.1 Å². The molecule has 18 heavy (non-hydrogen) atoms. The van der Waals surface area contributed by atoms with Gasteiger partial charge in [-0.25, -0.2) is 0 Å². The Balaban J connectivity index is 2.53. The molecular formula is C12H10Br2N2O2. The predicted molar refractivity (Wildman–Crippen MR) is 75.0 cm³/mol. The largest absolute Gasteiger partial charge is 0.496 e. The third-order valence-corrected chi connectivity index (χ3v) is 3.59. The molecule has 0 aliphatic heterocycles. The van der Waals surface area contributed by atoms with Gasteiger partial charge >= 0.3 is 0 Å². The fourth-order valence-electron chi connectivity index (χ4n) is 1.65. The van der Waals surface area contributed by atoms with Crippen molar-refractivity contribution >= 4 is 37.6 Å². The maximum absolute atomic E-state index is 12.5. The van der Waals surface area contributed by atoms with Gasteiger partial charge in [0.15, 0.2) is 0 Å². The SMILES string of the molecule is COc1cc(Br)ccc1C(=O)c1c(Br)cnn1C. The predicted octanol–water partition coefficient (Wildman–Crippen LogP) is 3.18. The monoisotopic (exact) mass is 372 g/mol. The molecule has 0 fully saturated rings. The molecule has 4 nitrogen and oxygen atoms in total. The van der Waals surface area contributed by atoms with Gasteiger partial charge in [0.2, 0.25) is 5.78 Å². The third-order valence-electron chi connectivity index (χ3n) is 2.52. The summed E-state index contributed by atoms with van der Waals surface area (Å²) in [5, 5.41) is 4.03. The molecule has 2 rings (SSSR count). The number of methoxy groups -OCH3 is 1. The molecule has 0 atom stereocenters. The second-order valence-corrected chi connectivity index (χ2v) is 5.41. The van der Waals surface area contributed by atoms with Gasteiger partial charge in [0, 0.05) is 11.5 Å². The van der Waals surface area contributed by atoms with E-state index in [4.69, 9.17) is 4.74 Å². The summed E-state index contributed by atoms with van der Waals surface area (Å²) in [5.74, 6) is 0.397. The number of rotatable bonds is 3. The summed E-state index contributed by atoms with van der Waals surface area (Å²) in [6, 6.07) is 5.29. The highest BCUT2D eigenvalue weighted by atomic mass is 79.9. The number of benzene rings is 1. The minimum atomic E-state index is -0.133. The van der Waals surface area contributed by atoms with Crippen molar-refractivity contribution in [3.05, 3.63) is 44.6 Å². The number of hydrogen-bond acceptors (Lipinski definition) is 3. The molecule has 0 N–H and O–H groups in total. The fraction of sp³-hybridized carbons (Fsp3) is 0.167. The van der Waals surface area contributed by atoms with Crippen LogP contribution >= 0.6 is 31.9 Å². The average Bonchev–Trinajstić information content (AvgIpc) is 2.68. The van der Waals surface area contributed by atoms with Crippen molar-refractivity contribution in [2.24, 2.45) is 7.05 Å². The van der Waals surface area contributed by atoms with Gasteiger partial charge < -0.3 is 4.74 Å². The van der Waals surface area contributed by atoms with Crippen LogP contribution in [0, 0.1) is 0 Å². The van der Waals surface area contributed by atoms with E-state index in [2.05, 4.69) is 37.0 Å². The van der Waals surface area contributed by atoms with Crippen LogP contribution < -0.4 is 4.74 Å². The normalized spacial score (nSPS) is 10.4. The van der Waals surface area contributed by atoms with E-state index in [1.54, 1.807) is 31.4 Å². The van der Waals surface area contributed by atoms with Crippen LogP contribution in [0.25, 0.3) is 0 Å². The summed E-state index contributed by atoms with van der Waals surface area (Å²) in [4.78, 5) is 12.5. The Kier molecular flexibility index (Phi) is 3.87. The van der Waals surface area contributed by atoms with Gasteiger partial charge in [-0.3, -0.25) is 9.48 Å². The lowest BCUT2D eigenvalue weighted by molar-refractivity contribution is 0.102. The van der Waals surface area contributed by atoms with Gasteiger partial charge in [-0.2, -0.15) is 5.10 Å². The van der Waals surface area contributed by atoms with Crippen molar-refractivity contribution in [2.45, 2.75) is 0 Å². The van der Waals surface area contributed by atoms with Gasteiger partial charge in [-0.15, -0.1) is 0 Å². The summed E-state index contributed by atoms with van der Waals surface area (Å²) in [7, 11) is 3.26. The molecule has 1 aromatic heterocycles. The van der Waals surface area contributed by atoms with E-state index in [0.717, 1.165) is 4.47 Å². The molecule has 2 aromatic rings. The number of aryl methyl sites for hydroxylation is 1. The molecule has 0 aliphatic rings. The molecule has 0 bridgehead atoms. The van der Waals surface area contributed by atoms with Gasteiger partial charge in [0.05, 0.1) is 23.3 Å². The van der Waals surface area contributed by atoms with E-state index >= 15 is 0 Å². The second-order valence-electron chi connectivity index (χ2n) is 3.64. The van der Waals surface area contributed by atoms with Crippen LogP contribution in [0.2, 0.25) is 0 Å². The van der Waals surface area contributed by atoms with E-state index in [9.17, 15) is 4.79 Å². The van der Waals surface area contributed by atoms with E-state index in [-0.39, 0.29) is 5.78 Å². The van der Waals surface area contributed by atoms with Crippen molar-refractivity contribution in [1.82, 2.24) is 9.78 Å². The number of ketones is 1. The topological polar surface area (TPSA) is 44.1 Å². The smallest absolute Gasteiger partial charge is 0.215 e. The lowest BCUT2D eigenvalue weighted by Crippen LogP contribution is -2.10. The molecule has 0 radical (unpaired) electrons. The quantitative estimate of drug-likeness (QED) is 0.776. The van der Waals surface area contributed by atoms with E-state index in [0.29, 0.717) is 21.5 Å². The molecule has 1 heterocycles. The summed E-state index contributed by atoms with van der Waals surface area (Å²) in [6.45, 7) is 0. The maximum atomic E-state index is 12.5. The van der Waals surface area contributed by atoms with E-state index < -0.39 is 0 Å². The Labute approximate surface area is 121 Å². The van der Waals surface area contributed by atoms with Gasteiger partial charge in [0.25, 0.3) is 0 Å². The Morgan fingerprint density at radius 1 is 1.39 bits per heavy atom. The second kappa shape index (κ2) is 5.24. The van der Waals surface area contributed by atoms with Crippen LogP contribution in [-0.4, -0.2) is 22.7 Å². The van der Waals surface area contributed by atoms with Crippen LogP contribution in [0.5, 0.6) is 5.75 Å². The molecular weight excluding hydrogens is 364 g/mol. The van der Waals surface area contributed by atoms with Crippen molar-refractivity contribution in [1.29, 1.82) is 0 Å². The molecule has 0 unspecified atom stereocenters. The Morgan fingerprint density at radius 3 is 2.67 bits per heavy atom. The number of nitrogens with zero attached hydrogens (tertiary/aromatic N) is 2. The number of halogens is 2. The number of hydrogen-bond donors (Lipinski definition) is 0. The first kappa shape index (κ1) is 13.3. The highest BCUT2D eigenvalue weighted by molar-refractivity contribution is 9.10. The zero-order chi connectivity index (χ0) is 13.3. The molecule has 6 heteroatoms. The van der Waals surface area contributed by atoms with E-state index in [1.807, 2.05) is 0 Å². The first-order chi connectivity index (χ1) is 8.54. The zero-order valence-corrected chi connectivity index (χ0v) is 12.9. The fourth-order valence-corrected chi connectivity index (χ4v) is 2.51. The standard InChI is InChI=1S/C12H10Br2N2O2/c1-16-11(9(14)6-15-16)12(17)8-4-3-7(13)5-10(8)18-2/h3-6H,1-2H3. The average molecular weight is 374 g/mol. The van der Waals surface area contributed by atoms with Crippen molar-refractivity contribution in [3.8, 4) is 5.75 Å². The van der Waals surface area contributed by atoms with Crippen LogP contribution in [0.4, 0.5) is 0 Å². The number of carbonyl (C=O) groups excluding carboxylic acids is 1. The summed E-state index contributed by atoms with van der Waals surface area (Å²) < 4.78 is 8.29. The highest BCUT2D eigenvalue weighted by Crippen LogP contribution is 2.27. The van der Waals surface area contributed by atoms with Crippen molar-refractivity contribution in [2.75, 3.05) is 7.11 Å². The molecule has 94 valence electrons. The third kappa shape index (κ3) is 2.35. The van der Waals surface area contributed by atoms with Gasteiger partial charge in [0.1, 0.15) is 11.4 Å². The Hall–Kier alpha value is -1.14. The maximum Gasteiger partial charge on any atom is 0.215 e. The van der Waals surface area contributed by atoms with Gasteiger partial charge in [-0.1, -0.05) is 15.9 Å². The first-order valence-electron chi connectivity index (χ1n) is 5.10. The minimum Gasteiger partial charge on any atom is -0.496 e. The molecule has 1 aromatic carbocycles. The number of aromatic nitrogens is 2. The zero-order valence-electron chi connectivity index (χ0n) is 9.78. The molecule has 0 saturated carbocycles. The number of ether oxygens (including phenoxy) is 1. The highest BCUT2D eigenvalue weighted by Gasteiger charge is 2.20. The van der Waals surface area contributed by atoms with Crippen molar-refractivity contribution in [3.63, 3.8) is 0 Å². The Morgan fingerprint density at radius 2 is 2.11 bits per heavy atom.